The first-order valence-corrected chi connectivity index (χ1v) is 11.4. The molecule has 2 aromatic rings. The number of ether oxygens (including phenoxy) is 1. The van der Waals surface area contributed by atoms with Crippen molar-refractivity contribution in [3.05, 3.63) is 41.0 Å². The summed E-state index contributed by atoms with van der Waals surface area (Å²) >= 11 is 5.42. The highest BCUT2D eigenvalue weighted by atomic mass is 79.9. The van der Waals surface area contributed by atoms with Crippen LogP contribution >= 0.6 is 27.7 Å². The van der Waals surface area contributed by atoms with E-state index in [-0.39, 0.29) is 0 Å². The third-order valence-electron chi connectivity index (χ3n) is 5.15. The lowest BCUT2D eigenvalue weighted by Crippen LogP contribution is -2.36. The average Bonchev–Trinajstić information content (AvgIpc) is 2.70. The molecule has 27 heavy (non-hydrogen) atoms. The summed E-state index contributed by atoms with van der Waals surface area (Å²) in [6.07, 6.45) is 6.94. The summed E-state index contributed by atoms with van der Waals surface area (Å²) in [7, 11) is 0. The number of anilines is 2. The van der Waals surface area contributed by atoms with Crippen molar-refractivity contribution >= 4 is 39.2 Å². The number of nitrogens with zero attached hydrogens (tertiary/aromatic N) is 3. The standard InChI is InChI=1S/C21H26BrN3OS/c22-17-7-8-18-20(16-17)27-19-6-5-9-23-21(19)25(18)11-4-2-1-3-10-24-12-14-26-15-13-24/h5-9,16H,1-4,10-15H2. The first-order chi connectivity index (χ1) is 13.3. The van der Waals surface area contributed by atoms with Crippen LogP contribution < -0.4 is 4.90 Å². The maximum atomic E-state index is 5.42. The molecule has 1 saturated heterocycles. The molecule has 0 saturated carbocycles. The number of rotatable bonds is 7. The maximum absolute atomic E-state index is 5.42. The van der Waals surface area contributed by atoms with Gasteiger partial charge in [-0.25, -0.2) is 4.98 Å². The van der Waals surface area contributed by atoms with E-state index in [2.05, 4.69) is 55.0 Å². The van der Waals surface area contributed by atoms with Crippen molar-refractivity contribution in [2.75, 3.05) is 44.3 Å². The summed E-state index contributed by atoms with van der Waals surface area (Å²) in [5.41, 5.74) is 1.28. The minimum atomic E-state index is 0.898. The molecular formula is C21H26BrN3OS. The molecule has 3 heterocycles. The molecule has 2 aliphatic heterocycles. The topological polar surface area (TPSA) is 28.6 Å². The SMILES string of the molecule is Brc1ccc2c(c1)Sc1cccnc1N2CCCCCCN1CCOCC1. The zero-order valence-electron chi connectivity index (χ0n) is 15.6. The van der Waals surface area contributed by atoms with E-state index in [4.69, 9.17) is 4.74 Å². The molecule has 0 radical (unpaired) electrons. The van der Waals surface area contributed by atoms with E-state index in [0.29, 0.717) is 0 Å². The van der Waals surface area contributed by atoms with Gasteiger partial charge >= 0.3 is 0 Å². The zero-order valence-corrected chi connectivity index (χ0v) is 18.0. The minimum absolute atomic E-state index is 0.898. The van der Waals surface area contributed by atoms with E-state index >= 15 is 0 Å². The molecule has 1 aromatic carbocycles. The molecule has 1 aromatic heterocycles. The highest BCUT2D eigenvalue weighted by Gasteiger charge is 2.24. The Kier molecular flexibility index (Phi) is 6.71. The third-order valence-corrected chi connectivity index (χ3v) is 6.73. The predicted octanol–water partition coefficient (Wildman–Crippen LogP) is 5.34. The Labute approximate surface area is 174 Å². The molecule has 0 bridgehead atoms. The van der Waals surface area contributed by atoms with Crippen LogP contribution in [0.5, 0.6) is 0 Å². The molecule has 2 aliphatic rings. The minimum Gasteiger partial charge on any atom is -0.379 e. The van der Waals surface area contributed by atoms with E-state index in [0.717, 1.165) is 43.1 Å². The van der Waals surface area contributed by atoms with Crippen molar-refractivity contribution in [2.45, 2.75) is 35.5 Å². The van der Waals surface area contributed by atoms with E-state index in [9.17, 15) is 0 Å². The molecule has 1 fully saturated rings. The van der Waals surface area contributed by atoms with Gasteiger partial charge < -0.3 is 9.64 Å². The number of hydrogen-bond acceptors (Lipinski definition) is 5. The predicted molar refractivity (Wildman–Crippen MR) is 115 cm³/mol. The third kappa shape index (κ3) is 4.86. The van der Waals surface area contributed by atoms with Crippen LogP contribution in [-0.2, 0) is 4.74 Å². The van der Waals surface area contributed by atoms with Crippen LogP contribution in [0.1, 0.15) is 25.7 Å². The van der Waals surface area contributed by atoms with Crippen LogP contribution in [0.25, 0.3) is 0 Å². The molecule has 0 unspecified atom stereocenters. The van der Waals surface area contributed by atoms with Gasteiger partial charge in [-0.05, 0) is 49.7 Å². The Bertz CT molecular complexity index is 767. The summed E-state index contributed by atoms with van der Waals surface area (Å²) in [5, 5.41) is 0. The Morgan fingerprint density at radius 2 is 1.81 bits per heavy atom. The maximum Gasteiger partial charge on any atom is 0.147 e. The number of morpholine rings is 1. The summed E-state index contributed by atoms with van der Waals surface area (Å²) in [6, 6.07) is 10.8. The molecule has 0 aliphatic carbocycles. The van der Waals surface area contributed by atoms with Crippen molar-refractivity contribution < 1.29 is 4.74 Å². The second-order valence-corrected chi connectivity index (χ2v) is 9.06. The monoisotopic (exact) mass is 447 g/mol. The van der Waals surface area contributed by atoms with Gasteiger partial charge in [-0.1, -0.05) is 40.5 Å². The lowest BCUT2D eigenvalue weighted by molar-refractivity contribution is 0.0371. The van der Waals surface area contributed by atoms with Crippen molar-refractivity contribution in [3.63, 3.8) is 0 Å². The van der Waals surface area contributed by atoms with Gasteiger partial charge in [0.15, 0.2) is 0 Å². The van der Waals surface area contributed by atoms with Crippen molar-refractivity contribution in [3.8, 4) is 0 Å². The molecule has 0 atom stereocenters. The zero-order chi connectivity index (χ0) is 18.5. The van der Waals surface area contributed by atoms with E-state index < -0.39 is 0 Å². The van der Waals surface area contributed by atoms with Gasteiger partial charge in [-0.2, -0.15) is 0 Å². The number of aromatic nitrogens is 1. The molecule has 0 N–H and O–H groups in total. The van der Waals surface area contributed by atoms with Crippen LogP contribution in [0.4, 0.5) is 11.5 Å². The van der Waals surface area contributed by atoms with Crippen molar-refractivity contribution in [1.82, 2.24) is 9.88 Å². The van der Waals surface area contributed by atoms with Crippen LogP contribution in [0.2, 0.25) is 0 Å². The molecule has 0 amide bonds. The van der Waals surface area contributed by atoms with Gasteiger partial charge in [-0.15, -0.1) is 0 Å². The van der Waals surface area contributed by atoms with Crippen LogP contribution in [0, 0.1) is 0 Å². The highest BCUT2D eigenvalue weighted by molar-refractivity contribution is 9.10. The lowest BCUT2D eigenvalue weighted by atomic mass is 10.1. The Morgan fingerprint density at radius 3 is 2.67 bits per heavy atom. The Hall–Kier alpha value is -1.08. The highest BCUT2D eigenvalue weighted by Crippen LogP contribution is 2.47. The van der Waals surface area contributed by atoms with Gasteiger partial charge in [0.2, 0.25) is 0 Å². The molecule has 4 rings (SSSR count). The van der Waals surface area contributed by atoms with Crippen molar-refractivity contribution in [2.24, 2.45) is 0 Å². The van der Waals surface area contributed by atoms with Gasteiger partial charge in [0.1, 0.15) is 5.82 Å². The van der Waals surface area contributed by atoms with Crippen LogP contribution in [0.3, 0.4) is 0 Å². The second kappa shape index (κ2) is 9.41. The number of hydrogen-bond donors (Lipinski definition) is 0. The lowest BCUT2D eigenvalue weighted by Gasteiger charge is -2.31. The van der Waals surface area contributed by atoms with Gasteiger partial charge in [0.25, 0.3) is 0 Å². The largest absolute Gasteiger partial charge is 0.379 e. The quantitative estimate of drug-likeness (QED) is 0.534. The Balaban J connectivity index is 1.32. The summed E-state index contributed by atoms with van der Waals surface area (Å²) < 4.78 is 6.55. The molecule has 144 valence electrons. The van der Waals surface area contributed by atoms with E-state index in [1.165, 1.54) is 47.7 Å². The summed E-state index contributed by atoms with van der Waals surface area (Å²) in [4.78, 5) is 12.1. The van der Waals surface area contributed by atoms with Crippen molar-refractivity contribution in [1.29, 1.82) is 0 Å². The number of benzene rings is 1. The Morgan fingerprint density at radius 1 is 1.00 bits per heavy atom. The number of pyridine rings is 1. The van der Waals surface area contributed by atoms with Gasteiger partial charge in [0, 0.05) is 35.2 Å². The van der Waals surface area contributed by atoms with Crippen LogP contribution in [0.15, 0.2) is 50.8 Å². The average molecular weight is 448 g/mol. The number of unbranched alkanes of at least 4 members (excludes halogenated alkanes) is 3. The second-order valence-electron chi connectivity index (χ2n) is 7.06. The first kappa shape index (κ1) is 19.2. The fourth-order valence-electron chi connectivity index (χ4n) is 3.70. The number of halogens is 1. The van der Waals surface area contributed by atoms with E-state index in [1.807, 2.05) is 24.0 Å². The molecule has 4 nitrogen and oxygen atoms in total. The fraction of sp³-hybridized carbons (Fsp3) is 0.476. The molecule has 6 heteroatoms. The van der Waals surface area contributed by atoms with Gasteiger partial charge in [-0.3, -0.25) is 4.90 Å². The normalized spacial score (nSPS) is 16.9. The smallest absolute Gasteiger partial charge is 0.147 e. The van der Waals surface area contributed by atoms with Gasteiger partial charge in [0.05, 0.1) is 23.8 Å². The molecule has 0 spiro atoms. The first-order valence-electron chi connectivity index (χ1n) is 9.81. The summed E-state index contributed by atoms with van der Waals surface area (Å²) in [5.74, 6) is 1.10. The summed E-state index contributed by atoms with van der Waals surface area (Å²) in [6.45, 7) is 6.23. The van der Waals surface area contributed by atoms with E-state index in [1.54, 1.807) is 0 Å². The fourth-order valence-corrected chi connectivity index (χ4v) is 5.32. The number of fused-ring (bicyclic) bond motifs is 2. The van der Waals surface area contributed by atoms with Crippen LogP contribution in [-0.4, -0.2) is 49.3 Å². The molecular weight excluding hydrogens is 422 g/mol.